The number of halogens is 2. The molecule has 4 heteroatoms. The lowest BCUT2D eigenvalue weighted by atomic mass is 10.4. The summed E-state index contributed by atoms with van der Waals surface area (Å²) in [6.07, 6.45) is 0. The van der Waals surface area contributed by atoms with Crippen LogP contribution in [-0.4, -0.2) is 35.2 Å². The van der Waals surface area contributed by atoms with Crippen molar-refractivity contribution in [1.29, 1.82) is 0 Å². The summed E-state index contributed by atoms with van der Waals surface area (Å²) in [6, 6.07) is 0. The molecule has 0 saturated heterocycles. The van der Waals surface area contributed by atoms with Crippen LogP contribution in [0.25, 0.3) is 0 Å². The van der Waals surface area contributed by atoms with Crippen molar-refractivity contribution in [3.05, 3.63) is 0 Å². The molecule has 1 unspecified atom stereocenters. The average molecular weight is 198 g/mol. The molecule has 0 aromatic heterocycles. The van der Waals surface area contributed by atoms with Crippen molar-refractivity contribution >= 4 is 29.1 Å². The second kappa shape index (κ2) is 5.67. The minimum Gasteiger partial charge on any atom is -0.342 e. The van der Waals surface area contributed by atoms with Gasteiger partial charge in [-0.05, 0) is 13.8 Å². The van der Waals surface area contributed by atoms with E-state index in [4.69, 9.17) is 23.2 Å². The second-order valence-corrected chi connectivity index (χ2v) is 2.97. The highest BCUT2D eigenvalue weighted by atomic mass is 35.5. The largest absolute Gasteiger partial charge is 0.342 e. The van der Waals surface area contributed by atoms with E-state index < -0.39 is 5.38 Å². The second-order valence-electron chi connectivity index (χ2n) is 2.13. The normalized spacial score (nSPS) is 12.7. The lowest BCUT2D eigenvalue weighted by molar-refractivity contribution is -0.130. The van der Waals surface area contributed by atoms with Gasteiger partial charge in [-0.25, -0.2) is 0 Å². The van der Waals surface area contributed by atoms with Crippen molar-refractivity contribution in [2.24, 2.45) is 0 Å². The highest BCUT2D eigenvalue weighted by molar-refractivity contribution is 6.35. The van der Waals surface area contributed by atoms with E-state index >= 15 is 0 Å². The molecule has 1 atom stereocenters. The third-order valence-corrected chi connectivity index (χ3v) is 2.29. The summed E-state index contributed by atoms with van der Waals surface area (Å²) in [5.41, 5.74) is 0. The van der Waals surface area contributed by atoms with Gasteiger partial charge in [0.25, 0.3) is 0 Å². The first kappa shape index (κ1) is 11.1. The quantitative estimate of drug-likeness (QED) is 0.629. The van der Waals surface area contributed by atoms with Gasteiger partial charge in [0, 0.05) is 19.0 Å². The van der Waals surface area contributed by atoms with Gasteiger partial charge in [0.1, 0.15) is 5.38 Å². The third kappa shape index (κ3) is 3.30. The van der Waals surface area contributed by atoms with Crippen LogP contribution >= 0.6 is 23.2 Å². The summed E-state index contributed by atoms with van der Waals surface area (Å²) in [5.74, 6) is 0.100. The van der Waals surface area contributed by atoms with E-state index in [-0.39, 0.29) is 11.8 Å². The topological polar surface area (TPSA) is 20.3 Å². The van der Waals surface area contributed by atoms with E-state index in [1.807, 2.05) is 13.8 Å². The maximum absolute atomic E-state index is 11.2. The molecule has 0 radical (unpaired) electrons. The Bertz CT molecular complexity index is 126. The fraction of sp³-hybridized carbons (Fsp3) is 0.857. The molecule has 66 valence electrons. The van der Waals surface area contributed by atoms with E-state index in [0.29, 0.717) is 13.1 Å². The predicted octanol–water partition coefficient (Wildman–Crippen LogP) is 1.70. The van der Waals surface area contributed by atoms with Crippen LogP contribution in [0.2, 0.25) is 0 Å². The number of amides is 1. The molecule has 0 fully saturated rings. The van der Waals surface area contributed by atoms with Crippen LogP contribution in [0.5, 0.6) is 0 Å². The summed E-state index contributed by atoms with van der Waals surface area (Å²) >= 11 is 11.1. The molecule has 0 aromatic carbocycles. The minimum absolute atomic E-state index is 0.0772. The van der Waals surface area contributed by atoms with Crippen LogP contribution in [0, 0.1) is 0 Å². The Hall–Kier alpha value is 0.0500. The van der Waals surface area contributed by atoms with Gasteiger partial charge in [-0.3, -0.25) is 4.79 Å². The van der Waals surface area contributed by atoms with Gasteiger partial charge in [-0.15, -0.1) is 23.2 Å². The van der Waals surface area contributed by atoms with Gasteiger partial charge in [-0.1, -0.05) is 0 Å². The van der Waals surface area contributed by atoms with Gasteiger partial charge in [0.2, 0.25) is 5.91 Å². The highest BCUT2D eigenvalue weighted by Crippen LogP contribution is 2.04. The van der Waals surface area contributed by atoms with Crippen molar-refractivity contribution in [2.45, 2.75) is 19.2 Å². The molecule has 0 aliphatic rings. The van der Waals surface area contributed by atoms with Crippen LogP contribution in [-0.2, 0) is 4.79 Å². The van der Waals surface area contributed by atoms with E-state index in [1.54, 1.807) is 4.90 Å². The number of hydrogen-bond acceptors (Lipinski definition) is 1. The van der Waals surface area contributed by atoms with Gasteiger partial charge in [0.15, 0.2) is 0 Å². The van der Waals surface area contributed by atoms with E-state index in [0.717, 1.165) is 0 Å². The van der Waals surface area contributed by atoms with Crippen LogP contribution in [0.1, 0.15) is 13.8 Å². The summed E-state index contributed by atoms with van der Waals surface area (Å²) in [4.78, 5) is 12.9. The lowest BCUT2D eigenvalue weighted by Crippen LogP contribution is -2.37. The molecule has 0 heterocycles. The molecular weight excluding hydrogens is 185 g/mol. The SMILES string of the molecule is CCN(CC)C(=O)C(Cl)CCl. The number of alkyl halides is 2. The molecule has 2 nitrogen and oxygen atoms in total. The average Bonchev–Trinajstić information content (AvgIpc) is 2.05. The molecule has 0 bridgehead atoms. The zero-order valence-corrected chi connectivity index (χ0v) is 8.32. The molecule has 0 saturated carbocycles. The van der Waals surface area contributed by atoms with Gasteiger partial charge in [-0.2, -0.15) is 0 Å². The molecule has 0 N–H and O–H groups in total. The Morgan fingerprint density at radius 1 is 1.45 bits per heavy atom. The number of carbonyl (C=O) groups is 1. The van der Waals surface area contributed by atoms with Gasteiger partial charge >= 0.3 is 0 Å². The summed E-state index contributed by atoms with van der Waals surface area (Å²) in [6.45, 7) is 5.21. The first-order chi connectivity index (χ1) is 5.17. The van der Waals surface area contributed by atoms with Crippen molar-refractivity contribution in [3.63, 3.8) is 0 Å². The Balaban J connectivity index is 3.97. The summed E-state index contributed by atoms with van der Waals surface area (Å²) < 4.78 is 0. The van der Waals surface area contributed by atoms with Crippen molar-refractivity contribution in [2.75, 3.05) is 19.0 Å². The molecule has 0 aliphatic carbocycles. The molecular formula is C7H13Cl2NO. The Labute approximate surface area is 77.5 Å². The van der Waals surface area contributed by atoms with Crippen LogP contribution < -0.4 is 0 Å². The van der Waals surface area contributed by atoms with Crippen LogP contribution in [0.3, 0.4) is 0 Å². The number of nitrogens with zero attached hydrogens (tertiary/aromatic N) is 1. The van der Waals surface area contributed by atoms with Crippen LogP contribution in [0.15, 0.2) is 0 Å². The predicted molar refractivity (Wildman–Crippen MR) is 48.3 cm³/mol. The number of rotatable bonds is 4. The van der Waals surface area contributed by atoms with Gasteiger partial charge in [0.05, 0.1) is 0 Å². The zero-order chi connectivity index (χ0) is 8.85. The van der Waals surface area contributed by atoms with Crippen LogP contribution in [0.4, 0.5) is 0 Å². The first-order valence-corrected chi connectivity index (χ1v) is 4.63. The van der Waals surface area contributed by atoms with Crippen molar-refractivity contribution in [1.82, 2.24) is 4.90 Å². The molecule has 1 amide bonds. The van der Waals surface area contributed by atoms with Crippen molar-refractivity contribution in [3.8, 4) is 0 Å². The smallest absolute Gasteiger partial charge is 0.241 e. The minimum atomic E-state index is -0.573. The molecule has 11 heavy (non-hydrogen) atoms. The maximum atomic E-state index is 11.2. The van der Waals surface area contributed by atoms with Gasteiger partial charge < -0.3 is 4.90 Å². The number of hydrogen-bond donors (Lipinski definition) is 0. The molecule has 0 aliphatic heterocycles. The molecule has 0 spiro atoms. The third-order valence-electron chi connectivity index (χ3n) is 1.48. The maximum Gasteiger partial charge on any atom is 0.241 e. The first-order valence-electron chi connectivity index (χ1n) is 3.66. The monoisotopic (exact) mass is 197 g/mol. The zero-order valence-electron chi connectivity index (χ0n) is 6.81. The Morgan fingerprint density at radius 2 is 1.91 bits per heavy atom. The fourth-order valence-corrected chi connectivity index (χ4v) is 1.07. The molecule has 0 aromatic rings. The lowest BCUT2D eigenvalue weighted by Gasteiger charge is -2.20. The highest BCUT2D eigenvalue weighted by Gasteiger charge is 2.18. The Morgan fingerprint density at radius 3 is 2.18 bits per heavy atom. The Kier molecular flexibility index (Phi) is 5.69. The van der Waals surface area contributed by atoms with E-state index in [1.165, 1.54) is 0 Å². The fourth-order valence-electron chi connectivity index (χ4n) is 0.799. The molecule has 0 rings (SSSR count). The summed E-state index contributed by atoms with van der Waals surface area (Å²) in [7, 11) is 0. The summed E-state index contributed by atoms with van der Waals surface area (Å²) in [5, 5.41) is -0.573. The standard InChI is InChI=1S/C7H13Cl2NO/c1-3-10(4-2)7(11)6(9)5-8/h6H,3-5H2,1-2H3. The number of carbonyl (C=O) groups excluding carboxylic acids is 1. The van der Waals surface area contributed by atoms with E-state index in [2.05, 4.69) is 0 Å². The van der Waals surface area contributed by atoms with Crippen molar-refractivity contribution < 1.29 is 4.79 Å². The van der Waals surface area contributed by atoms with E-state index in [9.17, 15) is 4.79 Å².